The summed E-state index contributed by atoms with van der Waals surface area (Å²) < 4.78 is 22.7. The molecule has 4 aliphatic heterocycles. The van der Waals surface area contributed by atoms with Gasteiger partial charge in [0.15, 0.2) is 5.60 Å². The molecule has 29 heavy (non-hydrogen) atoms. The van der Waals surface area contributed by atoms with Crippen LogP contribution in [0.15, 0.2) is 0 Å². The second kappa shape index (κ2) is 4.37. The summed E-state index contributed by atoms with van der Waals surface area (Å²) in [6.07, 6.45) is -2.74. The highest BCUT2D eigenvalue weighted by Crippen LogP contribution is 2.83. The molecular weight excluding hydrogens is 384 g/mol. The first-order chi connectivity index (χ1) is 13.4. The molecule has 4 heterocycles. The van der Waals surface area contributed by atoms with Crippen molar-refractivity contribution < 1.29 is 43.2 Å². The van der Waals surface area contributed by atoms with Gasteiger partial charge >= 0.3 is 17.9 Å². The van der Waals surface area contributed by atoms with E-state index in [0.717, 1.165) is 0 Å². The van der Waals surface area contributed by atoms with Crippen molar-refractivity contribution in [2.75, 3.05) is 0 Å². The number of fused-ring (bicyclic) bond motifs is 1. The lowest BCUT2D eigenvalue weighted by Crippen LogP contribution is -2.66. The van der Waals surface area contributed by atoms with Gasteiger partial charge in [0.05, 0.1) is 11.3 Å². The van der Waals surface area contributed by atoms with E-state index in [9.17, 15) is 24.3 Å². The van der Waals surface area contributed by atoms with Crippen molar-refractivity contribution >= 4 is 23.7 Å². The number of esters is 3. The molecule has 2 spiro atoms. The van der Waals surface area contributed by atoms with Crippen LogP contribution < -0.4 is 0 Å². The molecule has 2 unspecified atom stereocenters. The van der Waals surface area contributed by atoms with Gasteiger partial charge < -0.3 is 24.1 Å². The minimum atomic E-state index is -2.01. The maximum absolute atomic E-state index is 13.5. The van der Waals surface area contributed by atoms with Crippen molar-refractivity contribution in [1.82, 2.24) is 0 Å². The second-order valence-electron chi connectivity index (χ2n) is 10.4. The van der Waals surface area contributed by atoms with Crippen LogP contribution in [0, 0.1) is 28.1 Å². The zero-order valence-electron chi connectivity index (χ0n) is 16.5. The average Bonchev–Trinajstić information content (AvgIpc) is 3.31. The highest BCUT2D eigenvalue weighted by molar-refractivity contribution is 6.38. The fourth-order valence-electron chi connectivity index (χ4n) is 7.83. The van der Waals surface area contributed by atoms with Crippen LogP contribution in [0.2, 0.25) is 0 Å². The van der Waals surface area contributed by atoms with Crippen molar-refractivity contribution in [1.29, 1.82) is 0 Å². The molecule has 0 bridgehead atoms. The molecule has 4 saturated heterocycles. The first-order valence-electron chi connectivity index (χ1n) is 9.98. The van der Waals surface area contributed by atoms with E-state index in [1.54, 1.807) is 0 Å². The van der Waals surface area contributed by atoms with Crippen LogP contribution in [-0.4, -0.2) is 58.5 Å². The van der Waals surface area contributed by atoms with Gasteiger partial charge in [-0.2, -0.15) is 0 Å². The molecule has 6 aliphatic rings. The Morgan fingerprint density at radius 3 is 2.38 bits per heavy atom. The van der Waals surface area contributed by atoms with E-state index in [1.165, 1.54) is 6.92 Å². The molecule has 0 aromatic carbocycles. The summed E-state index contributed by atoms with van der Waals surface area (Å²) in [4.78, 5) is 51.5. The van der Waals surface area contributed by atoms with Gasteiger partial charge in [0.25, 0.3) is 5.78 Å². The molecule has 0 radical (unpaired) electrons. The van der Waals surface area contributed by atoms with Crippen molar-refractivity contribution in [3.63, 3.8) is 0 Å². The molecule has 1 N–H and O–H groups in total. The van der Waals surface area contributed by atoms with Gasteiger partial charge in [-0.1, -0.05) is 20.8 Å². The summed E-state index contributed by atoms with van der Waals surface area (Å²) in [6, 6.07) is 0. The van der Waals surface area contributed by atoms with Gasteiger partial charge in [0.1, 0.15) is 17.6 Å². The van der Waals surface area contributed by atoms with Crippen LogP contribution in [0.25, 0.3) is 0 Å². The quantitative estimate of drug-likeness (QED) is 0.332. The van der Waals surface area contributed by atoms with Crippen molar-refractivity contribution in [2.45, 2.75) is 70.2 Å². The van der Waals surface area contributed by atoms with Crippen molar-refractivity contribution in [3.8, 4) is 0 Å². The highest BCUT2D eigenvalue weighted by Gasteiger charge is 3.01. The first-order valence-corrected chi connectivity index (χ1v) is 9.98. The van der Waals surface area contributed by atoms with Crippen LogP contribution in [0.3, 0.4) is 0 Å². The number of hydrogen-bond donors (Lipinski definition) is 1. The molecule has 2 saturated carbocycles. The Morgan fingerprint density at radius 1 is 1.03 bits per heavy atom. The van der Waals surface area contributed by atoms with E-state index in [4.69, 9.17) is 18.9 Å². The number of Topliss-reactive ketones (excluding diaryl/α,β-unsaturated/α-hetero) is 1. The summed E-state index contributed by atoms with van der Waals surface area (Å²) in [5.74, 6) is -4.65. The van der Waals surface area contributed by atoms with Gasteiger partial charge in [-0.05, 0) is 24.7 Å². The highest BCUT2D eigenvalue weighted by atomic mass is 16.7. The van der Waals surface area contributed by atoms with E-state index >= 15 is 0 Å². The number of carbonyl (C=O) groups is 4. The normalized spacial score (nSPS) is 56.7. The van der Waals surface area contributed by atoms with Crippen molar-refractivity contribution in [3.05, 3.63) is 0 Å². The van der Waals surface area contributed by atoms with Gasteiger partial charge in [-0.25, -0.2) is 9.59 Å². The summed E-state index contributed by atoms with van der Waals surface area (Å²) in [7, 11) is 0. The zero-order chi connectivity index (χ0) is 20.9. The van der Waals surface area contributed by atoms with Crippen LogP contribution >= 0.6 is 0 Å². The van der Waals surface area contributed by atoms with Crippen LogP contribution in [0.1, 0.15) is 40.5 Å². The monoisotopic (exact) mass is 406 g/mol. The lowest BCUT2D eigenvalue weighted by molar-refractivity contribution is -0.238. The minimum Gasteiger partial charge on any atom is -0.459 e. The Kier molecular flexibility index (Phi) is 2.68. The third-order valence-corrected chi connectivity index (χ3v) is 8.76. The van der Waals surface area contributed by atoms with E-state index in [0.29, 0.717) is 6.42 Å². The smallest absolute Gasteiger partial charge is 0.377 e. The van der Waals surface area contributed by atoms with Gasteiger partial charge in [-0.15, -0.1) is 0 Å². The van der Waals surface area contributed by atoms with Crippen LogP contribution in [0.5, 0.6) is 0 Å². The molecule has 2 aliphatic carbocycles. The number of ketones is 1. The second-order valence-corrected chi connectivity index (χ2v) is 10.4. The standard InChI is InChI=1S/C20H22O9/c1-7-12(22)26-10-6-17-9-5-8(16(2,3)4)18(17)11(21)13(23)28-15(18)29-20(17,14(24)27-9)19(7,10)25/h7-10,15,25H,5-6H2,1-4H3/t7-,8+,9-,10+,15+,17?,18?,19-,20-/m1/s1. The van der Waals surface area contributed by atoms with Gasteiger partial charge in [0.2, 0.25) is 11.9 Å². The topological polar surface area (TPSA) is 125 Å². The van der Waals surface area contributed by atoms with Crippen LogP contribution in [-0.2, 0) is 38.1 Å². The van der Waals surface area contributed by atoms with E-state index in [-0.39, 0.29) is 6.42 Å². The molecule has 156 valence electrons. The third kappa shape index (κ3) is 1.31. The van der Waals surface area contributed by atoms with Crippen LogP contribution in [0.4, 0.5) is 0 Å². The number of rotatable bonds is 0. The maximum Gasteiger partial charge on any atom is 0.377 e. The van der Waals surface area contributed by atoms with Crippen molar-refractivity contribution in [2.24, 2.45) is 28.1 Å². The first kappa shape index (κ1) is 17.8. The SMILES string of the molecule is C[C@@H]1C(=O)O[C@H]2CC34[C@H]5C[C@@H](C(C)(C)C)C36C(=O)C(=O)O[C@H]6O[C@@]4(C(=O)O5)[C@]21O. The molecule has 6 fully saturated rings. The Balaban J connectivity index is 1.70. The Morgan fingerprint density at radius 2 is 1.72 bits per heavy atom. The summed E-state index contributed by atoms with van der Waals surface area (Å²) in [5, 5.41) is 11.8. The maximum atomic E-state index is 13.5. The molecule has 0 amide bonds. The number of aliphatic hydroxyl groups is 1. The lowest BCUT2D eigenvalue weighted by Gasteiger charge is -2.43. The third-order valence-electron chi connectivity index (χ3n) is 8.76. The zero-order valence-corrected chi connectivity index (χ0v) is 16.5. The molecular formula is C20H22O9. The van der Waals surface area contributed by atoms with E-state index < -0.39 is 81.5 Å². The predicted octanol–water partition coefficient (Wildman–Crippen LogP) is -0.132. The number of carbonyl (C=O) groups excluding carboxylic acids is 4. The Bertz CT molecular complexity index is 935. The molecule has 0 aromatic heterocycles. The van der Waals surface area contributed by atoms with Gasteiger partial charge in [-0.3, -0.25) is 9.59 Å². The predicted molar refractivity (Wildman–Crippen MR) is 89.6 cm³/mol. The largest absolute Gasteiger partial charge is 0.459 e. The fraction of sp³-hybridized carbons (Fsp3) is 0.800. The Labute approximate surface area is 166 Å². The molecule has 9 heteroatoms. The lowest BCUT2D eigenvalue weighted by atomic mass is 9.52. The summed E-state index contributed by atoms with van der Waals surface area (Å²) >= 11 is 0. The number of ether oxygens (including phenoxy) is 4. The molecule has 9 nitrogen and oxygen atoms in total. The molecule has 6 rings (SSSR count). The average molecular weight is 406 g/mol. The van der Waals surface area contributed by atoms with E-state index in [2.05, 4.69) is 0 Å². The molecule has 0 aromatic rings. The molecule has 9 atom stereocenters. The van der Waals surface area contributed by atoms with E-state index in [1.807, 2.05) is 20.8 Å². The minimum absolute atomic E-state index is 0.00144. The fourth-order valence-corrected chi connectivity index (χ4v) is 7.83. The van der Waals surface area contributed by atoms with Gasteiger partial charge in [0, 0.05) is 6.42 Å². The Hall–Kier alpha value is -2.00. The summed E-state index contributed by atoms with van der Waals surface area (Å²) in [5.41, 5.74) is -7.27. The summed E-state index contributed by atoms with van der Waals surface area (Å²) in [6.45, 7) is 7.33. The number of hydrogen-bond acceptors (Lipinski definition) is 9.